The van der Waals surface area contributed by atoms with Gasteiger partial charge in [-0.25, -0.2) is 0 Å². The molecule has 0 amide bonds. The predicted molar refractivity (Wildman–Crippen MR) is 193 cm³/mol. The lowest BCUT2D eigenvalue weighted by atomic mass is 9.71. The van der Waals surface area contributed by atoms with Gasteiger partial charge in [0.2, 0.25) is 0 Å². The quantitative estimate of drug-likeness (QED) is 0.258. The van der Waals surface area contributed by atoms with Crippen molar-refractivity contribution in [3.05, 3.63) is 47.1 Å². The molecule has 0 aromatic rings. The normalized spacial score (nSPS) is 48.1. The summed E-state index contributed by atoms with van der Waals surface area (Å²) in [5.41, 5.74) is 0.238. The van der Waals surface area contributed by atoms with Crippen molar-refractivity contribution >= 4 is 5.97 Å². The third-order valence-corrected chi connectivity index (χ3v) is 12.7. The average molecular weight is 731 g/mol. The molecular weight excluding hydrogens is 668 g/mol. The van der Waals surface area contributed by atoms with Gasteiger partial charge in [0.1, 0.15) is 35.9 Å². The summed E-state index contributed by atoms with van der Waals surface area (Å²) >= 11 is 0. The highest BCUT2D eigenvalue weighted by atomic mass is 16.7. The zero-order chi connectivity index (χ0) is 37.5. The number of aliphatic hydroxyl groups excluding tert-OH is 2. The Morgan fingerprint density at radius 1 is 1.08 bits per heavy atom. The molecule has 4 fully saturated rings. The van der Waals surface area contributed by atoms with Crippen LogP contribution in [0, 0.1) is 23.7 Å². The number of carbonyl (C=O) groups excluding carboxylic acids is 1. The highest BCUT2D eigenvalue weighted by molar-refractivity contribution is 5.78. The SMILES string of the molecule is CC[C@H](C)[C@H]1O[C@]2(CC[C@@H]1C)C[C@@H]1C[C@@H](CC=C(C)[C@@H](O[C@H]3C[C@H](OC)[C@@H](O)[C@H](C)O3)[C@@H](C)/C=C/C=C3\CO[C@@H]4[C@H](O)C(C)=C[C@@H](C(=O)O1)[C@]34O)O2. The molecule has 6 aliphatic rings. The van der Waals surface area contributed by atoms with E-state index in [0.29, 0.717) is 55.1 Å². The standard InChI is InChI=1S/C41H62O11/c1-9-22(2)37-25(5)15-16-40(52-37)20-30-18-29(51-40)14-13-24(4)36(50-33-19-32(46-8)35(43)27(7)48-33)23(3)11-10-12-28-21-47-38-34(42)26(6)17-31(39(44)49-30)41(28,38)45/h10-13,17,22-23,25,27,29-38,42-43,45H,9,14-16,18-21H2,1-8H3/b11-10+,24-13?,28-12+/t22-,23-,25-,27-,29+,30-,31-,32-,33-,34+,35-,36-,37+,38+,40+,41+/m0/s1. The number of ether oxygens (including phenoxy) is 7. The maximum Gasteiger partial charge on any atom is 0.316 e. The van der Waals surface area contributed by atoms with Gasteiger partial charge < -0.3 is 48.5 Å². The van der Waals surface area contributed by atoms with Crippen molar-refractivity contribution in [3.63, 3.8) is 0 Å². The van der Waals surface area contributed by atoms with Crippen LogP contribution in [0.15, 0.2) is 47.1 Å². The minimum atomic E-state index is -1.80. The lowest BCUT2D eigenvalue weighted by Crippen LogP contribution is -2.58. The smallest absolute Gasteiger partial charge is 0.316 e. The number of esters is 1. The molecule has 16 atom stereocenters. The molecule has 1 spiro atoms. The molecule has 292 valence electrons. The van der Waals surface area contributed by atoms with Crippen molar-refractivity contribution < 1.29 is 53.3 Å². The van der Waals surface area contributed by atoms with E-state index < -0.39 is 72.3 Å². The van der Waals surface area contributed by atoms with E-state index in [1.165, 1.54) is 0 Å². The Kier molecular flexibility index (Phi) is 12.3. The number of allylic oxidation sites excluding steroid dienone is 2. The highest BCUT2D eigenvalue weighted by Gasteiger charge is 2.60. The van der Waals surface area contributed by atoms with Gasteiger partial charge in [0, 0.05) is 38.7 Å². The second kappa shape index (κ2) is 16.0. The zero-order valence-electron chi connectivity index (χ0n) is 32.2. The molecule has 0 saturated carbocycles. The Balaban J connectivity index is 1.37. The molecule has 4 saturated heterocycles. The van der Waals surface area contributed by atoms with Crippen molar-refractivity contribution in [1.82, 2.24) is 0 Å². The second-order valence-corrected chi connectivity index (χ2v) is 16.5. The van der Waals surface area contributed by atoms with Crippen molar-refractivity contribution in [2.75, 3.05) is 13.7 Å². The molecule has 11 nitrogen and oxygen atoms in total. The molecule has 5 heterocycles. The average Bonchev–Trinajstić information content (AvgIpc) is 3.45. The monoisotopic (exact) mass is 730 g/mol. The van der Waals surface area contributed by atoms with E-state index >= 15 is 0 Å². The third kappa shape index (κ3) is 7.77. The number of carbonyl (C=O) groups is 1. The molecule has 11 heteroatoms. The maximum absolute atomic E-state index is 14.2. The largest absolute Gasteiger partial charge is 0.462 e. The number of methoxy groups -OCH3 is 1. The van der Waals surface area contributed by atoms with Crippen LogP contribution >= 0.6 is 0 Å². The molecule has 6 rings (SSSR count). The number of hydrogen-bond acceptors (Lipinski definition) is 11. The molecular formula is C41H62O11. The van der Waals surface area contributed by atoms with Crippen LogP contribution in [-0.4, -0.2) is 108 Å². The van der Waals surface area contributed by atoms with Crippen molar-refractivity contribution in [2.45, 2.75) is 166 Å². The van der Waals surface area contributed by atoms with Gasteiger partial charge in [-0.3, -0.25) is 4.79 Å². The molecule has 0 aromatic carbocycles. The Morgan fingerprint density at radius 2 is 1.85 bits per heavy atom. The minimum absolute atomic E-state index is 0.0111. The Bertz CT molecular complexity index is 1400. The summed E-state index contributed by atoms with van der Waals surface area (Å²) in [7, 11) is 1.58. The van der Waals surface area contributed by atoms with Gasteiger partial charge in [-0.05, 0) is 62.2 Å². The molecule has 0 radical (unpaired) electrons. The van der Waals surface area contributed by atoms with Crippen LogP contribution in [0.25, 0.3) is 0 Å². The van der Waals surface area contributed by atoms with Crippen molar-refractivity contribution in [2.24, 2.45) is 23.7 Å². The molecule has 3 N–H and O–H groups in total. The second-order valence-electron chi connectivity index (χ2n) is 16.5. The van der Waals surface area contributed by atoms with Crippen LogP contribution in [0.2, 0.25) is 0 Å². The molecule has 1 aliphatic carbocycles. The zero-order valence-corrected chi connectivity index (χ0v) is 32.2. The molecule has 5 aliphatic heterocycles. The van der Waals surface area contributed by atoms with Gasteiger partial charge in [-0.15, -0.1) is 0 Å². The van der Waals surface area contributed by atoms with E-state index in [9.17, 15) is 20.1 Å². The first-order chi connectivity index (χ1) is 24.7. The Hall–Kier alpha value is -1.93. The molecule has 0 unspecified atom stereocenters. The summed E-state index contributed by atoms with van der Waals surface area (Å²) in [4.78, 5) is 14.2. The summed E-state index contributed by atoms with van der Waals surface area (Å²) in [5, 5.41) is 34.1. The summed E-state index contributed by atoms with van der Waals surface area (Å²) in [5.74, 6) is -1.98. The van der Waals surface area contributed by atoms with Crippen LogP contribution in [0.5, 0.6) is 0 Å². The van der Waals surface area contributed by atoms with Crippen molar-refractivity contribution in [3.8, 4) is 0 Å². The first kappa shape index (κ1) is 39.8. The summed E-state index contributed by atoms with van der Waals surface area (Å²) < 4.78 is 44.6. The molecule has 2 bridgehead atoms. The first-order valence-corrected chi connectivity index (χ1v) is 19.5. The molecule has 52 heavy (non-hydrogen) atoms. The van der Waals surface area contributed by atoms with E-state index in [0.717, 1.165) is 18.4 Å². The van der Waals surface area contributed by atoms with E-state index in [1.54, 1.807) is 26.2 Å². The third-order valence-electron chi connectivity index (χ3n) is 12.7. The van der Waals surface area contributed by atoms with E-state index in [4.69, 9.17) is 33.2 Å². The van der Waals surface area contributed by atoms with E-state index in [2.05, 4.69) is 33.8 Å². The van der Waals surface area contributed by atoms with Crippen LogP contribution in [0.1, 0.15) is 93.4 Å². The van der Waals surface area contributed by atoms with Gasteiger partial charge >= 0.3 is 5.97 Å². The fraction of sp³-hybridized carbons (Fsp3) is 0.780. The lowest BCUT2D eigenvalue weighted by molar-refractivity contribution is -0.340. The summed E-state index contributed by atoms with van der Waals surface area (Å²) in [6.07, 6.45) is 8.24. The number of hydrogen-bond donors (Lipinski definition) is 3. The number of rotatable bonds is 5. The number of fused-ring (bicyclic) bond motifs is 2. The minimum Gasteiger partial charge on any atom is -0.462 e. The maximum atomic E-state index is 14.2. The summed E-state index contributed by atoms with van der Waals surface area (Å²) in [6.45, 7) is 14.3. The summed E-state index contributed by atoms with van der Waals surface area (Å²) in [6, 6.07) is 0. The highest BCUT2D eigenvalue weighted by Crippen LogP contribution is 2.48. The van der Waals surface area contributed by atoms with Crippen molar-refractivity contribution in [1.29, 1.82) is 0 Å². The molecule has 0 aromatic heterocycles. The first-order valence-electron chi connectivity index (χ1n) is 19.5. The van der Waals surface area contributed by atoms with Gasteiger partial charge in [0.25, 0.3) is 0 Å². The fourth-order valence-electron chi connectivity index (χ4n) is 9.27. The predicted octanol–water partition coefficient (Wildman–Crippen LogP) is 5.07. The topological polar surface area (TPSA) is 142 Å². The van der Waals surface area contributed by atoms with E-state index in [-0.39, 0.29) is 24.7 Å². The van der Waals surface area contributed by atoms with Gasteiger partial charge in [-0.2, -0.15) is 0 Å². The van der Waals surface area contributed by atoms with Crippen LogP contribution < -0.4 is 0 Å². The number of aliphatic hydroxyl groups is 3. The van der Waals surface area contributed by atoms with Gasteiger partial charge in [0.05, 0.1) is 37.1 Å². The van der Waals surface area contributed by atoms with Crippen LogP contribution in [-0.2, 0) is 38.0 Å². The van der Waals surface area contributed by atoms with Gasteiger partial charge in [-0.1, -0.05) is 64.5 Å². The lowest BCUT2D eigenvalue weighted by Gasteiger charge is -2.51. The van der Waals surface area contributed by atoms with Crippen LogP contribution in [0.3, 0.4) is 0 Å². The van der Waals surface area contributed by atoms with E-state index in [1.807, 2.05) is 26.0 Å². The van der Waals surface area contributed by atoms with Crippen LogP contribution in [0.4, 0.5) is 0 Å². The Morgan fingerprint density at radius 3 is 2.58 bits per heavy atom. The van der Waals surface area contributed by atoms with Gasteiger partial charge in [0.15, 0.2) is 12.1 Å². The Labute approximate surface area is 309 Å². The fourth-order valence-corrected chi connectivity index (χ4v) is 9.27.